The van der Waals surface area contributed by atoms with E-state index >= 15 is 0 Å². The van der Waals surface area contributed by atoms with E-state index in [2.05, 4.69) is 11.2 Å². The van der Waals surface area contributed by atoms with E-state index in [4.69, 9.17) is 0 Å². The summed E-state index contributed by atoms with van der Waals surface area (Å²) in [7, 11) is 1.97. The lowest BCUT2D eigenvalue weighted by molar-refractivity contribution is 0.977. The molecule has 3 nitrogen and oxygen atoms in total. The average molecular weight is 250 g/mol. The van der Waals surface area contributed by atoms with Gasteiger partial charge < -0.3 is 4.57 Å². The molecule has 0 amide bonds. The third kappa shape index (κ3) is 1.74. The van der Waals surface area contributed by atoms with Crippen LogP contribution in [0.15, 0.2) is 53.7 Å². The van der Waals surface area contributed by atoms with Gasteiger partial charge in [0, 0.05) is 18.0 Å². The average Bonchev–Trinajstić information content (AvgIpc) is 2.72. The molecule has 0 aliphatic rings. The Balaban J connectivity index is 2.40. The van der Waals surface area contributed by atoms with E-state index in [9.17, 15) is 4.91 Å². The smallest absolute Gasteiger partial charge is 0.141 e. The van der Waals surface area contributed by atoms with Gasteiger partial charge in [-0.2, -0.15) is 0 Å². The van der Waals surface area contributed by atoms with Crippen LogP contribution in [0.2, 0.25) is 0 Å². The molecule has 0 aliphatic carbocycles. The van der Waals surface area contributed by atoms with Crippen LogP contribution in [0.3, 0.4) is 0 Å². The van der Waals surface area contributed by atoms with Gasteiger partial charge >= 0.3 is 0 Å². The van der Waals surface area contributed by atoms with Crippen LogP contribution in [-0.2, 0) is 7.05 Å². The van der Waals surface area contributed by atoms with Gasteiger partial charge in [-0.15, -0.1) is 4.91 Å². The van der Waals surface area contributed by atoms with Gasteiger partial charge in [-0.05, 0) is 24.2 Å². The standard InChI is InChI=1S/C16H14N2O/c1-11-6-5-7-12(10-11)16-15(17-19)13-8-3-4-9-14(13)18(16)2/h3-10H,1-2H3. The fourth-order valence-electron chi connectivity index (χ4n) is 2.59. The molecule has 0 radical (unpaired) electrons. The molecule has 0 aliphatic heterocycles. The summed E-state index contributed by atoms with van der Waals surface area (Å²) in [6, 6.07) is 16.0. The highest BCUT2D eigenvalue weighted by Crippen LogP contribution is 2.39. The first-order valence-electron chi connectivity index (χ1n) is 6.20. The van der Waals surface area contributed by atoms with Crippen molar-refractivity contribution < 1.29 is 0 Å². The number of aryl methyl sites for hydroxylation is 2. The summed E-state index contributed by atoms with van der Waals surface area (Å²) >= 11 is 0. The first-order chi connectivity index (χ1) is 9.22. The molecular formula is C16H14N2O. The predicted molar refractivity (Wildman–Crippen MR) is 78.5 cm³/mol. The zero-order valence-electron chi connectivity index (χ0n) is 10.9. The van der Waals surface area contributed by atoms with E-state index in [1.165, 1.54) is 5.56 Å². The predicted octanol–water partition coefficient (Wildman–Crippen LogP) is 4.55. The molecule has 0 fully saturated rings. The Morgan fingerprint density at radius 3 is 2.58 bits per heavy atom. The molecule has 3 aromatic rings. The summed E-state index contributed by atoms with van der Waals surface area (Å²) in [6.07, 6.45) is 0. The molecule has 0 spiro atoms. The van der Waals surface area contributed by atoms with Crippen LogP contribution in [0, 0.1) is 11.8 Å². The summed E-state index contributed by atoms with van der Waals surface area (Å²) in [5.41, 5.74) is 4.60. The Bertz CT molecular complexity index is 772. The zero-order valence-corrected chi connectivity index (χ0v) is 10.9. The summed E-state index contributed by atoms with van der Waals surface area (Å²) < 4.78 is 2.03. The monoisotopic (exact) mass is 250 g/mol. The van der Waals surface area contributed by atoms with Crippen molar-refractivity contribution in [1.82, 2.24) is 4.57 Å². The van der Waals surface area contributed by atoms with Gasteiger partial charge in [-0.3, -0.25) is 0 Å². The first kappa shape index (κ1) is 11.7. The molecule has 0 N–H and O–H groups in total. The summed E-state index contributed by atoms with van der Waals surface area (Å²) in [5, 5.41) is 4.15. The van der Waals surface area contributed by atoms with E-state index in [1.807, 2.05) is 61.0 Å². The van der Waals surface area contributed by atoms with Crippen LogP contribution >= 0.6 is 0 Å². The lowest BCUT2D eigenvalue weighted by Crippen LogP contribution is -1.91. The largest absolute Gasteiger partial charge is 0.342 e. The van der Waals surface area contributed by atoms with Crippen molar-refractivity contribution in [3.63, 3.8) is 0 Å². The van der Waals surface area contributed by atoms with Gasteiger partial charge in [0.05, 0.1) is 11.2 Å². The van der Waals surface area contributed by atoms with E-state index in [-0.39, 0.29) is 0 Å². The third-order valence-electron chi connectivity index (χ3n) is 3.46. The number of para-hydroxylation sites is 1. The second-order valence-corrected chi connectivity index (χ2v) is 4.73. The molecule has 0 saturated carbocycles. The van der Waals surface area contributed by atoms with E-state index < -0.39 is 0 Å². The van der Waals surface area contributed by atoms with Gasteiger partial charge in [0.15, 0.2) is 0 Å². The maximum absolute atomic E-state index is 11.2. The molecule has 3 rings (SSSR count). The number of benzene rings is 2. The van der Waals surface area contributed by atoms with Crippen LogP contribution in [0.4, 0.5) is 5.69 Å². The molecule has 2 aromatic carbocycles. The molecule has 1 heterocycles. The van der Waals surface area contributed by atoms with Gasteiger partial charge in [-0.1, -0.05) is 42.0 Å². The van der Waals surface area contributed by atoms with Crippen molar-refractivity contribution in [1.29, 1.82) is 0 Å². The summed E-state index contributed by atoms with van der Waals surface area (Å²) in [5.74, 6) is 0. The molecule has 3 heteroatoms. The lowest BCUT2D eigenvalue weighted by Gasteiger charge is -2.05. The number of nitrogens with zero attached hydrogens (tertiary/aromatic N) is 2. The van der Waals surface area contributed by atoms with Gasteiger partial charge in [0.2, 0.25) is 0 Å². The Morgan fingerprint density at radius 2 is 1.84 bits per heavy atom. The highest BCUT2D eigenvalue weighted by Gasteiger charge is 2.16. The normalized spacial score (nSPS) is 10.8. The maximum Gasteiger partial charge on any atom is 0.141 e. The third-order valence-corrected chi connectivity index (χ3v) is 3.46. The second-order valence-electron chi connectivity index (χ2n) is 4.73. The summed E-state index contributed by atoms with van der Waals surface area (Å²) in [6.45, 7) is 2.04. The van der Waals surface area contributed by atoms with Crippen molar-refractivity contribution >= 4 is 16.6 Å². The fraction of sp³-hybridized carbons (Fsp3) is 0.125. The van der Waals surface area contributed by atoms with Gasteiger partial charge in [0.25, 0.3) is 0 Å². The Hall–Kier alpha value is -2.42. The SMILES string of the molecule is Cc1cccc(-c2c(N=O)c3ccccc3n2C)c1. The summed E-state index contributed by atoms with van der Waals surface area (Å²) in [4.78, 5) is 11.2. The highest BCUT2D eigenvalue weighted by atomic mass is 16.3. The van der Waals surface area contributed by atoms with Gasteiger partial charge in [-0.25, -0.2) is 0 Å². The van der Waals surface area contributed by atoms with E-state index in [1.54, 1.807) is 0 Å². The second kappa shape index (κ2) is 4.35. The minimum Gasteiger partial charge on any atom is -0.342 e. The van der Waals surface area contributed by atoms with Crippen LogP contribution in [0.1, 0.15) is 5.56 Å². The number of hydrogen-bond donors (Lipinski definition) is 0. The molecule has 0 unspecified atom stereocenters. The highest BCUT2D eigenvalue weighted by molar-refractivity contribution is 6.00. The topological polar surface area (TPSA) is 34.4 Å². The van der Waals surface area contributed by atoms with Crippen LogP contribution in [0.25, 0.3) is 22.2 Å². The van der Waals surface area contributed by atoms with Crippen LogP contribution in [0.5, 0.6) is 0 Å². The van der Waals surface area contributed by atoms with Crippen molar-refractivity contribution in [3.05, 3.63) is 59.0 Å². The van der Waals surface area contributed by atoms with Crippen molar-refractivity contribution in [2.45, 2.75) is 6.92 Å². The van der Waals surface area contributed by atoms with Crippen molar-refractivity contribution in [2.75, 3.05) is 0 Å². The molecule has 0 bridgehead atoms. The van der Waals surface area contributed by atoms with Crippen molar-refractivity contribution in [2.24, 2.45) is 12.2 Å². The molecular weight excluding hydrogens is 236 g/mol. The van der Waals surface area contributed by atoms with E-state index in [0.717, 1.165) is 22.2 Å². The molecule has 94 valence electrons. The first-order valence-corrected chi connectivity index (χ1v) is 6.20. The molecule has 0 saturated heterocycles. The fourth-order valence-corrected chi connectivity index (χ4v) is 2.59. The number of fused-ring (bicyclic) bond motifs is 1. The molecule has 19 heavy (non-hydrogen) atoms. The lowest BCUT2D eigenvalue weighted by atomic mass is 10.1. The molecule has 1 aromatic heterocycles. The zero-order chi connectivity index (χ0) is 13.4. The number of nitroso groups, excluding NO2 is 1. The number of rotatable bonds is 2. The van der Waals surface area contributed by atoms with Crippen molar-refractivity contribution in [3.8, 4) is 11.3 Å². The minimum atomic E-state index is 0.517. The van der Waals surface area contributed by atoms with Gasteiger partial charge in [0.1, 0.15) is 5.69 Å². The Morgan fingerprint density at radius 1 is 1.05 bits per heavy atom. The molecule has 0 atom stereocenters. The minimum absolute atomic E-state index is 0.517. The number of aromatic nitrogens is 1. The van der Waals surface area contributed by atoms with Crippen LogP contribution < -0.4 is 0 Å². The van der Waals surface area contributed by atoms with E-state index in [0.29, 0.717) is 5.69 Å². The van der Waals surface area contributed by atoms with Crippen LogP contribution in [-0.4, -0.2) is 4.57 Å². The maximum atomic E-state index is 11.2. The quantitative estimate of drug-likeness (QED) is 0.614. The Labute approximate surface area is 111 Å². The Kier molecular flexibility index (Phi) is 2.67. The number of hydrogen-bond acceptors (Lipinski definition) is 2.